The molecule has 4 rings (SSSR count). The summed E-state index contributed by atoms with van der Waals surface area (Å²) in [7, 11) is 3.10. The van der Waals surface area contributed by atoms with Gasteiger partial charge in [-0.25, -0.2) is 4.79 Å². The summed E-state index contributed by atoms with van der Waals surface area (Å²) in [6.45, 7) is 0.639. The van der Waals surface area contributed by atoms with Crippen LogP contribution in [0.2, 0.25) is 0 Å². The molecule has 3 aromatic carbocycles. The Balaban J connectivity index is 1.52. The van der Waals surface area contributed by atoms with E-state index < -0.39 is 6.03 Å². The number of hydrogen-bond acceptors (Lipinski definition) is 4. The lowest BCUT2D eigenvalue weighted by atomic mass is 10.00. The van der Waals surface area contributed by atoms with Gasteiger partial charge in [0.2, 0.25) is 0 Å². The highest BCUT2D eigenvalue weighted by molar-refractivity contribution is 6.07. The minimum atomic E-state index is -0.406. The molecule has 0 aromatic heterocycles. The molecule has 0 unspecified atom stereocenters. The van der Waals surface area contributed by atoms with E-state index in [1.54, 1.807) is 37.3 Å². The Labute approximate surface area is 187 Å². The van der Waals surface area contributed by atoms with E-state index in [4.69, 9.17) is 9.47 Å². The third-order valence-corrected chi connectivity index (χ3v) is 5.34. The summed E-state index contributed by atoms with van der Waals surface area (Å²) in [6, 6.07) is 19.6. The van der Waals surface area contributed by atoms with Gasteiger partial charge in [-0.15, -0.1) is 0 Å². The van der Waals surface area contributed by atoms with Crippen LogP contribution < -0.4 is 25.0 Å². The molecule has 2 N–H and O–H groups in total. The molecule has 0 atom stereocenters. The van der Waals surface area contributed by atoms with Gasteiger partial charge >= 0.3 is 6.03 Å². The van der Waals surface area contributed by atoms with E-state index in [0.29, 0.717) is 35.0 Å². The van der Waals surface area contributed by atoms with Gasteiger partial charge in [0.05, 0.1) is 14.2 Å². The smallest absolute Gasteiger partial charge is 0.323 e. The van der Waals surface area contributed by atoms with Crippen molar-refractivity contribution in [3.63, 3.8) is 0 Å². The van der Waals surface area contributed by atoms with Crippen LogP contribution in [0.5, 0.6) is 11.5 Å². The van der Waals surface area contributed by atoms with Crippen LogP contribution >= 0.6 is 0 Å². The summed E-state index contributed by atoms with van der Waals surface area (Å²) in [5.74, 6) is 1.10. The molecule has 1 aliphatic heterocycles. The zero-order valence-corrected chi connectivity index (χ0v) is 18.1. The first-order valence-corrected chi connectivity index (χ1v) is 10.4. The van der Waals surface area contributed by atoms with Crippen LogP contribution in [0.1, 0.15) is 22.3 Å². The fourth-order valence-electron chi connectivity index (χ4n) is 3.77. The van der Waals surface area contributed by atoms with E-state index in [0.717, 1.165) is 24.1 Å². The number of methoxy groups -OCH3 is 2. The van der Waals surface area contributed by atoms with Gasteiger partial charge in [-0.1, -0.05) is 24.3 Å². The van der Waals surface area contributed by atoms with Gasteiger partial charge < -0.3 is 25.0 Å². The van der Waals surface area contributed by atoms with Crippen molar-refractivity contribution < 1.29 is 19.1 Å². The highest BCUT2D eigenvalue weighted by atomic mass is 16.5. The molecule has 1 heterocycles. The topological polar surface area (TPSA) is 79.9 Å². The molecular formula is C25H25N3O4. The molecule has 7 heteroatoms. The molecule has 1 aliphatic rings. The van der Waals surface area contributed by atoms with E-state index in [9.17, 15) is 9.59 Å². The van der Waals surface area contributed by atoms with Crippen LogP contribution in [0.15, 0.2) is 66.7 Å². The van der Waals surface area contributed by atoms with Gasteiger partial charge in [-0.3, -0.25) is 4.79 Å². The lowest BCUT2D eigenvalue weighted by Gasteiger charge is -2.30. The highest BCUT2D eigenvalue weighted by Gasteiger charge is 2.24. The number of nitrogens with zero attached hydrogens (tertiary/aromatic N) is 1. The number of amides is 3. The van der Waals surface area contributed by atoms with Crippen molar-refractivity contribution in [1.29, 1.82) is 0 Å². The normalized spacial score (nSPS) is 12.5. The lowest BCUT2D eigenvalue weighted by molar-refractivity contribution is 0.0985. The van der Waals surface area contributed by atoms with Crippen molar-refractivity contribution >= 4 is 29.0 Å². The predicted octanol–water partition coefficient (Wildman–Crippen LogP) is 4.94. The molecular weight excluding hydrogens is 406 g/mol. The van der Waals surface area contributed by atoms with E-state index in [1.165, 1.54) is 0 Å². The van der Waals surface area contributed by atoms with Gasteiger partial charge in [0.25, 0.3) is 5.91 Å². The predicted molar refractivity (Wildman–Crippen MR) is 125 cm³/mol. The van der Waals surface area contributed by atoms with Crippen molar-refractivity contribution in [2.24, 2.45) is 0 Å². The maximum absolute atomic E-state index is 13.1. The Kier molecular flexibility index (Phi) is 6.26. The van der Waals surface area contributed by atoms with Crippen LogP contribution in [0.25, 0.3) is 0 Å². The molecule has 0 aliphatic carbocycles. The Morgan fingerprint density at radius 1 is 0.844 bits per heavy atom. The second-order valence-corrected chi connectivity index (χ2v) is 7.45. The van der Waals surface area contributed by atoms with Gasteiger partial charge in [-0.2, -0.15) is 0 Å². The first kappa shape index (κ1) is 21.2. The molecule has 0 spiro atoms. The van der Waals surface area contributed by atoms with Gasteiger partial charge in [-0.05, 0) is 42.7 Å². The molecule has 0 saturated carbocycles. The molecule has 32 heavy (non-hydrogen) atoms. The number of urea groups is 1. The Morgan fingerprint density at radius 2 is 1.53 bits per heavy atom. The number of rotatable bonds is 5. The molecule has 0 saturated heterocycles. The first-order chi connectivity index (χ1) is 15.6. The Hall–Kier alpha value is -4.00. The van der Waals surface area contributed by atoms with Gasteiger partial charge in [0, 0.05) is 47.4 Å². The van der Waals surface area contributed by atoms with Crippen LogP contribution in [0, 0.1) is 0 Å². The summed E-state index contributed by atoms with van der Waals surface area (Å²) in [6.07, 6.45) is 1.79. The number of anilines is 3. The summed E-state index contributed by atoms with van der Waals surface area (Å²) in [5.41, 5.74) is 3.69. The van der Waals surface area contributed by atoms with Crippen molar-refractivity contribution in [2.75, 3.05) is 36.3 Å². The summed E-state index contributed by atoms with van der Waals surface area (Å²) in [4.78, 5) is 27.4. The van der Waals surface area contributed by atoms with E-state index in [2.05, 4.69) is 10.6 Å². The van der Waals surface area contributed by atoms with Crippen molar-refractivity contribution in [1.82, 2.24) is 0 Å². The number of carbonyl (C=O) groups is 2. The second kappa shape index (κ2) is 9.43. The van der Waals surface area contributed by atoms with E-state index >= 15 is 0 Å². The third kappa shape index (κ3) is 4.67. The number of fused-ring (bicyclic) bond motifs is 1. The number of carbonyl (C=O) groups excluding carboxylic acids is 2. The molecule has 0 fully saturated rings. The molecule has 3 amide bonds. The Morgan fingerprint density at radius 3 is 2.22 bits per heavy atom. The molecule has 3 aromatic rings. The molecule has 164 valence electrons. The number of ether oxygens (including phenoxy) is 2. The molecule has 0 bridgehead atoms. The third-order valence-electron chi connectivity index (χ3n) is 5.34. The monoisotopic (exact) mass is 431 g/mol. The molecule has 7 nitrogen and oxygen atoms in total. The van der Waals surface area contributed by atoms with Gasteiger partial charge in [0.1, 0.15) is 11.5 Å². The summed E-state index contributed by atoms with van der Waals surface area (Å²) >= 11 is 0. The molecule has 0 radical (unpaired) electrons. The van der Waals surface area contributed by atoms with Crippen molar-refractivity contribution in [2.45, 2.75) is 12.8 Å². The van der Waals surface area contributed by atoms with Gasteiger partial charge in [0.15, 0.2) is 0 Å². The zero-order chi connectivity index (χ0) is 22.5. The van der Waals surface area contributed by atoms with Crippen LogP contribution in [-0.2, 0) is 6.42 Å². The van der Waals surface area contributed by atoms with E-state index in [1.807, 2.05) is 48.5 Å². The number of nitrogens with one attached hydrogen (secondary N) is 2. The standard InChI is InChI=1S/C25H25N3O4/c1-31-21-13-20(14-22(16-21)32-2)27-25(30)26-19-11-10-17-9-6-12-28(23(17)15-19)24(29)18-7-4-3-5-8-18/h3-5,7-8,10-11,13-16H,6,9,12H2,1-2H3,(H2,26,27,30). The first-order valence-electron chi connectivity index (χ1n) is 10.4. The average molecular weight is 431 g/mol. The largest absolute Gasteiger partial charge is 0.497 e. The van der Waals surface area contributed by atoms with Crippen molar-refractivity contribution in [3.8, 4) is 11.5 Å². The Bertz CT molecular complexity index is 1110. The van der Waals surface area contributed by atoms with Crippen LogP contribution in [0.4, 0.5) is 21.9 Å². The quantitative estimate of drug-likeness (QED) is 0.600. The van der Waals surface area contributed by atoms with Crippen LogP contribution in [-0.4, -0.2) is 32.7 Å². The minimum absolute atomic E-state index is 0.0448. The second-order valence-electron chi connectivity index (χ2n) is 7.45. The number of hydrogen-bond donors (Lipinski definition) is 2. The summed E-state index contributed by atoms with van der Waals surface area (Å²) < 4.78 is 10.5. The SMILES string of the molecule is COc1cc(NC(=O)Nc2ccc3c(c2)N(C(=O)c2ccccc2)CCC3)cc(OC)c1. The maximum Gasteiger partial charge on any atom is 0.323 e. The maximum atomic E-state index is 13.1. The number of aryl methyl sites for hydroxylation is 1. The van der Waals surface area contributed by atoms with E-state index in [-0.39, 0.29) is 5.91 Å². The fourth-order valence-corrected chi connectivity index (χ4v) is 3.77. The van der Waals surface area contributed by atoms with Crippen molar-refractivity contribution in [3.05, 3.63) is 77.9 Å². The highest BCUT2D eigenvalue weighted by Crippen LogP contribution is 2.31. The zero-order valence-electron chi connectivity index (χ0n) is 18.1. The lowest BCUT2D eigenvalue weighted by Crippen LogP contribution is -2.35. The number of benzene rings is 3. The van der Waals surface area contributed by atoms with Crippen LogP contribution in [0.3, 0.4) is 0 Å². The fraction of sp³-hybridized carbons (Fsp3) is 0.200. The summed E-state index contributed by atoms with van der Waals surface area (Å²) in [5, 5.41) is 5.63. The average Bonchev–Trinajstić information content (AvgIpc) is 2.83. The minimum Gasteiger partial charge on any atom is -0.497 e.